The maximum atomic E-state index is 12.9. The van der Waals surface area contributed by atoms with Gasteiger partial charge in [-0.1, -0.05) is 12.5 Å². The third-order valence-electron chi connectivity index (χ3n) is 6.20. The second-order valence-corrected chi connectivity index (χ2v) is 10.5. The third-order valence-corrected chi connectivity index (χ3v) is 8.10. The molecule has 2 aliphatic heterocycles. The Bertz CT molecular complexity index is 1110. The lowest BCUT2D eigenvalue weighted by Crippen LogP contribution is -2.41. The van der Waals surface area contributed by atoms with Gasteiger partial charge in [0.1, 0.15) is 5.82 Å². The number of aromatic nitrogens is 1. The highest BCUT2D eigenvalue weighted by atomic mass is 32.2. The summed E-state index contributed by atoms with van der Waals surface area (Å²) in [5.74, 6) is -0.179. The average molecular weight is 472 g/mol. The second-order valence-electron chi connectivity index (χ2n) is 8.54. The summed E-state index contributed by atoms with van der Waals surface area (Å²) < 4.78 is 27.3. The van der Waals surface area contributed by atoms with E-state index in [1.54, 1.807) is 30.5 Å². The van der Waals surface area contributed by atoms with E-state index in [2.05, 4.69) is 10.3 Å². The fourth-order valence-corrected chi connectivity index (χ4v) is 5.88. The van der Waals surface area contributed by atoms with Crippen molar-refractivity contribution in [2.75, 3.05) is 36.4 Å². The van der Waals surface area contributed by atoms with Gasteiger partial charge in [-0.25, -0.2) is 13.4 Å². The highest BCUT2D eigenvalue weighted by molar-refractivity contribution is 7.89. The summed E-state index contributed by atoms with van der Waals surface area (Å²) in [6.07, 6.45) is 5.93. The van der Waals surface area contributed by atoms with Gasteiger partial charge in [-0.05, 0) is 56.0 Å². The first-order chi connectivity index (χ1) is 15.8. The van der Waals surface area contributed by atoms with Gasteiger partial charge in [0.25, 0.3) is 5.91 Å². The number of hydrogen-bond acceptors (Lipinski definition) is 6. The minimum Gasteiger partial charge on any atom is -0.369 e. The molecule has 2 aromatic rings. The van der Waals surface area contributed by atoms with Crippen molar-refractivity contribution in [3.8, 4) is 0 Å². The summed E-state index contributed by atoms with van der Waals surface area (Å²) in [5, 5.41) is 2.77. The van der Waals surface area contributed by atoms with Crippen molar-refractivity contribution in [1.29, 1.82) is 0 Å². The van der Waals surface area contributed by atoms with Gasteiger partial charge in [-0.15, -0.1) is 0 Å². The predicted molar refractivity (Wildman–Crippen MR) is 125 cm³/mol. The normalized spacial score (nSPS) is 19.8. The molecule has 1 atom stereocenters. The number of rotatable bonds is 6. The van der Waals surface area contributed by atoms with E-state index in [-0.39, 0.29) is 22.3 Å². The highest BCUT2D eigenvalue weighted by Crippen LogP contribution is 2.24. The molecule has 4 rings (SSSR count). The van der Waals surface area contributed by atoms with E-state index in [4.69, 9.17) is 5.73 Å². The lowest BCUT2D eigenvalue weighted by molar-refractivity contribution is -0.122. The molecule has 2 fully saturated rings. The van der Waals surface area contributed by atoms with Crippen molar-refractivity contribution in [3.63, 3.8) is 0 Å². The molecule has 0 bridgehead atoms. The molecule has 176 valence electrons. The zero-order valence-electron chi connectivity index (χ0n) is 18.4. The SMILES string of the molecule is NC(=O)C1CCCN(c2ccc(NC(=O)c3cccc(S(=O)(=O)N4CCCCC4)c3)cn2)C1. The standard InChI is InChI=1S/C23H29N5O4S/c24-22(29)18-7-5-11-27(16-18)21-10-9-19(15-25-21)26-23(30)17-6-4-8-20(14-17)33(31,32)28-12-2-1-3-13-28/h4,6,8-10,14-15,18H,1-3,5,7,11-13,16H2,(H2,24,29)(H,26,30). The van der Waals surface area contributed by atoms with Crippen LogP contribution >= 0.6 is 0 Å². The Hall–Kier alpha value is -2.98. The number of piperidine rings is 2. The van der Waals surface area contributed by atoms with Crippen molar-refractivity contribution < 1.29 is 18.0 Å². The topological polar surface area (TPSA) is 126 Å². The van der Waals surface area contributed by atoms with Crippen LogP contribution in [0.5, 0.6) is 0 Å². The number of nitrogens with zero attached hydrogens (tertiary/aromatic N) is 3. The molecule has 1 unspecified atom stereocenters. The number of anilines is 2. The van der Waals surface area contributed by atoms with Crippen LogP contribution < -0.4 is 16.0 Å². The van der Waals surface area contributed by atoms with E-state index in [1.807, 2.05) is 4.90 Å². The molecular weight excluding hydrogens is 442 g/mol. The molecule has 1 aromatic carbocycles. The number of sulfonamides is 1. The van der Waals surface area contributed by atoms with Crippen molar-refractivity contribution >= 4 is 33.3 Å². The molecule has 2 amide bonds. The Morgan fingerprint density at radius 3 is 2.52 bits per heavy atom. The average Bonchev–Trinajstić information content (AvgIpc) is 2.85. The fraction of sp³-hybridized carbons (Fsp3) is 0.435. The first-order valence-electron chi connectivity index (χ1n) is 11.3. The van der Waals surface area contributed by atoms with Crippen molar-refractivity contribution in [1.82, 2.24) is 9.29 Å². The van der Waals surface area contributed by atoms with E-state index < -0.39 is 15.9 Å². The van der Waals surface area contributed by atoms with Crippen LogP contribution in [0.25, 0.3) is 0 Å². The van der Waals surface area contributed by atoms with E-state index in [9.17, 15) is 18.0 Å². The summed E-state index contributed by atoms with van der Waals surface area (Å²) in [6.45, 7) is 2.34. The lowest BCUT2D eigenvalue weighted by Gasteiger charge is -2.32. The smallest absolute Gasteiger partial charge is 0.255 e. The van der Waals surface area contributed by atoms with Crippen molar-refractivity contribution in [2.24, 2.45) is 11.7 Å². The number of pyridine rings is 1. The number of carbonyl (C=O) groups excluding carboxylic acids is 2. The molecule has 0 saturated carbocycles. The van der Waals surface area contributed by atoms with Gasteiger partial charge in [0.15, 0.2) is 0 Å². The molecule has 3 heterocycles. The zero-order valence-corrected chi connectivity index (χ0v) is 19.3. The van der Waals surface area contributed by atoms with E-state index in [0.717, 1.165) is 38.6 Å². The van der Waals surface area contributed by atoms with E-state index in [1.165, 1.54) is 16.4 Å². The Kier molecular flexibility index (Phi) is 6.94. The van der Waals surface area contributed by atoms with Crippen LogP contribution in [0, 0.1) is 5.92 Å². The number of nitrogens with two attached hydrogens (primary N) is 1. The molecule has 2 aliphatic rings. The molecular formula is C23H29N5O4S. The fourth-order valence-electron chi connectivity index (χ4n) is 4.32. The van der Waals surface area contributed by atoms with E-state index in [0.29, 0.717) is 31.1 Å². The van der Waals surface area contributed by atoms with Crippen LogP contribution in [-0.2, 0) is 14.8 Å². The summed E-state index contributed by atoms with van der Waals surface area (Å²) >= 11 is 0. The van der Waals surface area contributed by atoms with Gasteiger partial charge in [0, 0.05) is 31.7 Å². The van der Waals surface area contributed by atoms with Gasteiger partial charge in [0.2, 0.25) is 15.9 Å². The molecule has 0 spiro atoms. The quantitative estimate of drug-likeness (QED) is 0.665. The van der Waals surface area contributed by atoms with Gasteiger partial charge >= 0.3 is 0 Å². The Morgan fingerprint density at radius 1 is 1.03 bits per heavy atom. The molecule has 1 aromatic heterocycles. The number of nitrogens with one attached hydrogen (secondary N) is 1. The number of hydrogen-bond donors (Lipinski definition) is 2. The van der Waals surface area contributed by atoms with Crippen LogP contribution in [0.2, 0.25) is 0 Å². The largest absolute Gasteiger partial charge is 0.369 e. The summed E-state index contributed by atoms with van der Waals surface area (Å²) in [5.41, 5.74) is 6.21. The van der Waals surface area contributed by atoms with Gasteiger partial charge in [-0.3, -0.25) is 9.59 Å². The first kappa shape index (κ1) is 23.2. The van der Waals surface area contributed by atoms with Crippen LogP contribution in [-0.4, -0.2) is 55.7 Å². The third kappa shape index (κ3) is 5.33. The minimum atomic E-state index is -3.62. The summed E-state index contributed by atoms with van der Waals surface area (Å²) in [6, 6.07) is 9.63. The van der Waals surface area contributed by atoms with Crippen LogP contribution in [0.1, 0.15) is 42.5 Å². The molecule has 0 radical (unpaired) electrons. The Morgan fingerprint density at radius 2 is 1.82 bits per heavy atom. The number of primary amides is 1. The lowest BCUT2D eigenvalue weighted by atomic mass is 9.97. The second kappa shape index (κ2) is 9.88. The monoisotopic (exact) mass is 471 g/mol. The Labute approximate surface area is 194 Å². The molecule has 3 N–H and O–H groups in total. The summed E-state index contributed by atoms with van der Waals surface area (Å²) in [4.78, 5) is 30.8. The molecule has 9 nitrogen and oxygen atoms in total. The van der Waals surface area contributed by atoms with Crippen molar-refractivity contribution in [2.45, 2.75) is 37.0 Å². The summed E-state index contributed by atoms with van der Waals surface area (Å²) in [7, 11) is -3.62. The van der Waals surface area contributed by atoms with Gasteiger partial charge < -0.3 is 16.0 Å². The minimum absolute atomic E-state index is 0.125. The molecule has 2 saturated heterocycles. The number of amides is 2. The first-order valence-corrected chi connectivity index (χ1v) is 12.7. The maximum Gasteiger partial charge on any atom is 0.255 e. The number of carbonyl (C=O) groups is 2. The van der Waals surface area contributed by atoms with Crippen LogP contribution in [0.3, 0.4) is 0 Å². The highest BCUT2D eigenvalue weighted by Gasteiger charge is 2.27. The van der Waals surface area contributed by atoms with E-state index >= 15 is 0 Å². The zero-order chi connectivity index (χ0) is 23.4. The van der Waals surface area contributed by atoms with Gasteiger partial charge in [0.05, 0.1) is 22.7 Å². The molecule has 10 heteroatoms. The van der Waals surface area contributed by atoms with Crippen LogP contribution in [0.4, 0.5) is 11.5 Å². The van der Waals surface area contributed by atoms with Crippen molar-refractivity contribution in [3.05, 3.63) is 48.2 Å². The predicted octanol–water partition coefficient (Wildman–Crippen LogP) is 2.21. The van der Waals surface area contributed by atoms with Gasteiger partial charge in [-0.2, -0.15) is 4.31 Å². The molecule has 0 aliphatic carbocycles. The molecule has 33 heavy (non-hydrogen) atoms. The number of benzene rings is 1. The Balaban J connectivity index is 1.43. The maximum absolute atomic E-state index is 12.9. The van der Waals surface area contributed by atoms with Crippen LogP contribution in [0.15, 0.2) is 47.5 Å².